The normalized spacial score (nSPS) is 11.4. The predicted octanol–water partition coefficient (Wildman–Crippen LogP) is 3.87. The molecule has 0 unspecified atom stereocenters. The Balaban J connectivity index is 2.49. The number of esters is 1. The van der Waals surface area contributed by atoms with Gasteiger partial charge >= 0.3 is 12.1 Å². The SMILES string of the molecule is COC(=O)c1ccc(S(=O)(=O)Nc2ccc(SC#N)cc2C(F)(F)F)cc1OC. The third kappa shape index (κ3) is 5.12. The van der Waals surface area contributed by atoms with Gasteiger partial charge in [-0.25, -0.2) is 13.2 Å². The Kier molecular flexibility index (Phi) is 6.66. The van der Waals surface area contributed by atoms with Crippen LogP contribution in [0.5, 0.6) is 5.75 Å². The third-order valence-corrected chi connectivity index (χ3v) is 5.54. The van der Waals surface area contributed by atoms with E-state index in [1.165, 1.54) is 13.2 Å². The van der Waals surface area contributed by atoms with E-state index >= 15 is 0 Å². The number of nitrogens with one attached hydrogen (secondary N) is 1. The van der Waals surface area contributed by atoms with Gasteiger partial charge in [0.25, 0.3) is 10.0 Å². The quantitative estimate of drug-likeness (QED) is 0.408. The van der Waals surface area contributed by atoms with Crippen molar-refractivity contribution in [3.05, 3.63) is 47.5 Å². The van der Waals surface area contributed by atoms with E-state index in [9.17, 15) is 26.4 Å². The van der Waals surface area contributed by atoms with E-state index in [0.29, 0.717) is 17.8 Å². The molecular formula is C17H13F3N2O5S2. The average Bonchev–Trinajstić information content (AvgIpc) is 2.67. The van der Waals surface area contributed by atoms with Gasteiger partial charge in [-0.1, -0.05) is 0 Å². The molecular weight excluding hydrogens is 433 g/mol. The molecule has 29 heavy (non-hydrogen) atoms. The monoisotopic (exact) mass is 446 g/mol. The number of ether oxygens (including phenoxy) is 2. The highest BCUT2D eigenvalue weighted by atomic mass is 32.2. The molecule has 2 aromatic rings. The second-order valence-electron chi connectivity index (χ2n) is 5.36. The smallest absolute Gasteiger partial charge is 0.418 e. The number of hydrogen-bond donors (Lipinski definition) is 1. The third-order valence-electron chi connectivity index (χ3n) is 3.59. The van der Waals surface area contributed by atoms with Gasteiger partial charge in [-0.3, -0.25) is 4.72 Å². The van der Waals surface area contributed by atoms with Crippen molar-refractivity contribution in [2.45, 2.75) is 16.0 Å². The van der Waals surface area contributed by atoms with Crippen LogP contribution in [-0.2, 0) is 20.9 Å². The van der Waals surface area contributed by atoms with Gasteiger partial charge in [0.05, 0.1) is 30.4 Å². The first-order valence-corrected chi connectivity index (χ1v) is 9.89. The first-order chi connectivity index (χ1) is 13.5. The number of benzene rings is 2. The van der Waals surface area contributed by atoms with Crippen molar-refractivity contribution in [3.8, 4) is 11.2 Å². The summed E-state index contributed by atoms with van der Waals surface area (Å²) in [6.07, 6.45) is -4.86. The van der Waals surface area contributed by atoms with Crippen LogP contribution in [0.2, 0.25) is 0 Å². The molecule has 0 fully saturated rings. The summed E-state index contributed by atoms with van der Waals surface area (Å²) in [7, 11) is -2.14. The van der Waals surface area contributed by atoms with Crippen LogP contribution in [-0.4, -0.2) is 28.6 Å². The maximum atomic E-state index is 13.3. The zero-order valence-corrected chi connectivity index (χ0v) is 16.5. The number of methoxy groups -OCH3 is 2. The lowest BCUT2D eigenvalue weighted by atomic mass is 10.2. The summed E-state index contributed by atoms with van der Waals surface area (Å²) in [6.45, 7) is 0. The molecule has 0 saturated heterocycles. The largest absolute Gasteiger partial charge is 0.496 e. The lowest BCUT2D eigenvalue weighted by Crippen LogP contribution is -2.18. The van der Waals surface area contributed by atoms with E-state index in [4.69, 9.17) is 10.00 Å². The minimum atomic E-state index is -4.86. The Morgan fingerprint density at radius 1 is 1.17 bits per heavy atom. The molecule has 2 aromatic carbocycles. The van der Waals surface area contributed by atoms with Gasteiger partial charge in [0.1, 0.15) is 16.7 Å². The molecule has 0 atom stereocenters. The fourth-order valence-electron chi connectivity index (χ4n) is 2.28. The highest BCUT2D eigenvalue weighted by Crippen LogP contribution is 2.38. The maximum Gasteiger partial charge on any atom is 0.418 e. The van der Waals surface area contributed by atoms with Gasteiger partial charge < -0.3 is 9.47 Å². The second-order valence-corrected chi connectivity index (χ2v) is 7.90. The fraction of sp³-hybridized carbons (Fsp3) is 0.176. The van der Waals surface area contributed by atoms with Gasteiger partial charge in [-0.05, 0) is 42.1 Å². The second kappa shape index (κ2) is 8.62. The lowest BCUT2D eigenvalue weighted by molar-refractivity contribution is -0.137. The van der Waals surface area contributed by atoms with Gasteiger partial charge in [0, 0.05) is 11.0 Å². The van der Waals surface area contributed by atoms with E-state index in [2.05, 4.69) is 4.74 Å². The molecule has 0 heterocycles. The van der Waals surface area contributed by atoms with Crippen LogP contribution in [0.15, 0.2) is 46.2 Å². The topological polar surface area (TPSA) is 105 Å². The number of thioether (sulfide) groups is 1. The molecule has 0 aliphatic rings. The summed E-state index contributed by atoms with van der Waals surface area (Å²) in [5.74, 6) is -0.903. The number of hydrogen-bond acceptors (Lipinski definition) is 7. The van der Waals surface area contributed by atoms with Crippen LogP contribution < -0.4 is 9.46 Å². The fourth-order valence-corrected chi connectivity index (χ4v) is 3.80. The zero-order valence-electron chi connectivity index (χ0n) is 14.9. The van der Waals surface area contributed by atoms with Crippen LogP contribution >= 0.6 is 11.8 Å². The number of nitrogens with zero attached hydrogens (tertiary/aromatic N) is 1. The van der Waals surface area contributed by atoms with Crippen LogP contribution in [0.25, 0.3) is 0 Å². The Bertz CT molecular complexity index is 1080. The Morgan fingerprint density at radius 3 is 2.41 bits per heavy atom. The summed E-state index contributed by atoms with van der Waals surface area (Å²) in [5, 5.41) is 10.3. The Morgan fingerprint density at radius 2 is 1.86 bits per heavy atom. The molecule has 0 spiro atoms. The van der Waals surface area contributed by atoms with Crippen LogP contribution in [0.1, 0.15) is 15.9 Å². The molecule has 0 saturated carbocycles. The minimum Gasteiger partial charge on any atom is -0.496 e. The van der Waals surface area contributed by atoms with Crippen molar-refractivity contribution >= 4 is 33.4 Å². The Hall–Kier alpha value is -2.91. The summed E-state index contributed by atoms with van der Waals surface area (Å²) >= 11 is 0.508. The number of rotatable bonds is 6. The van der Waals surface area contributed by atoms with Crippen molar-refractivity contribution in [2.24, 2.45) is 0 Å². The van der Waals surface area contributed by atoms with Crippen LogP contribution in [0.3, 0.4) is 0 Å². The number of carbonyl (C=O) groups excluding carboxylic acids is 1. The summed E-state index contributed by atoms with van der Waals surface area (Å²) < 4.78 is 76.6. The van der Waals surface area contributed by atoms with Crippen molar-refractivity contribution < 1.29 is 35.9 Å². The first kappa shape index (κ1) is 22.4. The zero-order chi connectivity index (χ0) is 21.8. The van der Waals surface area contributed by atoms with Crippen LogP contribution in [0, 0.1) is 10.7 Å². The van der Waals surface area contributed by atoms with Crippen LogP contribution in [0.4, 0.5) is 18.9 Å². The number of carbonyl (C=O) groups is 1. The number of thiocyanates is 1. The van der Waals surface area contributed by atoms with E-state index in [-0.39, 0.29) is 16.2 Å². The predicted molar refractivity (Wildman–Crippen MR) is 98.1 cm³/mol. The molecule has 1 N–H and O–H groups in total. The average molecular weight is 446 g/mol. The first-order valence-electron chi connectivity index (χ1n) is 7.60. The van der Waals surface area contributed by atoms with E-state index in [1.807, 2.05) is 4.72 Å². The molecule has 12 heteroatoms. The number of nitriles is 1. The molecule has 0 bridgehead atoms. The van der Waals surface area contributed by atoms with Gasteiger partial charge in [-0.15, -0.1) is 0 Å². The standard InChI is InChI=1S/C17H13F3N2O5S2/c1-26-15-8-11(4-5-12(15)16(23)27-2)29(24,25)22-14-6-3-10(28-9-21)7-13(14)17(18,19)20/h3-8,22H,1-2H3. The number of halogens is 3. The van der Waals surface area contributed by atoms with E-state index in [1.54, 1.807) is 5.40 Å². The minimum absolute atomic E-state index is 0.00636. The summed E-state index contributed by atoms with van der Waals surface area (Å²) in [5.41, 5.74) is -2.02. The molecule has 7 nitrogen and oxygen atoms in total. The van der Waals surface area contributed by atoms with Gasteiger partial charge in [-0.2, -0.15) is 18.4 Å². The van der Waals surface area contributed by atoms with Crippen molar-refractivity contribution in [2.75, 3.05) is 18.9 Å². The molecule has 0 radical (unpaired) electrons. The van der Waals surface area contributed by atoms with Crippen molar-refractivity contribution in [3.63, 3.8) is 0 Å². The van der Waals surface area contributed by atoms with Gasteiger partial charge in [0.2, 0.25) is 0 Å². The molecule has 0 aliphatic heterocycles. The van der Waals surface area contributed by atoms with Crippen molar-refractivity contribution in [1.82, 2.24) is 0 Å². The maximum absolute atomic E-state index is 13.3. The van der Waals surface area contributed by atoms with E-state index < -0.39 is 38.3 Å². The highest BCUT2D eigenvalue weighted by molar-refractivity contribution is 8.03. The highest BCUT2D eigenvalue weighted by Gasteiger charge is 2.35. The van der Waals surface area contributed by atoms with Crippen molar-refractivity contribution in [1.29, 1.82) is 5.26 Å². The summed E-state index contributed by atoms with van der Waals surface area (Å²) in [4.78, 5) is 11.2. The number of anilines is 1. The molecule has 154 valence electrons. The van der Waals surface area contributed by atoms with Gasteiger partial charge in [0.15, 0.2) is 0 Å². The molecule has 0 amide bonds. The molecule has 0 aromatic heterocycles. The molecule has 2 rings (SSSR count). The lowest BCUT2D eigenvalue weighted by Gasteiger charge is -2.16. The number of alkyl halides is 3. The molecule has 0 aliphatic carbocycles. The number of sulfonamides is 1. The Labute approximate surface area is 168 Å². The summed E-state index contributed by atoms with van der Waals surface area (Å²) in [6, 6.07) is 5.91. The van der Waals surface area contributed by atoms with E-state index in [0.717, 1.165) is 31.4 Å².